The first kappa shape index (κ1) is 13.4. The predicted octanol–water partition coefficient (Wildman–Crippen LogP) is 4.36. The smallest absolute Gasteiger partial charge is 0.126 e. The molecule has 0 saturated heterocycles. The number of aryl methyl sites for hydroxylation is 3. The molecule has 18 heavy (non-hydrogen) atoms. The van der Waals surface area contributed by atoms with Gasteiger partial charge in [0, 0.05) is 9.75 Å². The minimum absolute atomic E-state index is 0.191. The van der Waals surface area contributed by atoms with Gasteiger partial charge in [0.25, 0.3) is 0 Å². The second-order valence-corrected chi connectivity index (χ2v) is 6.01. The van der Waals surface area contributed by atoms with Gasteiger partial charge in [-0.25, -0.2) is 0 Å². The van der Waals surface area contributed by atoms with Gasteiger partial charge in [-0.2, -0.15) is 0 Å². The third kappa shape index (κ3) is 2.85. The minimum Gasteiger partial charge on any atom is -0.464 e. The summed E-state index contributed by atoms with van der Waals surface area (Å²) in [7, 11) is 0. The van der Waals surface area contributed by atoms with Crippen molar-refractivity contribution in [3.8, 4) is 0 Å². The fraction of sp³-hybridized carbons (Fsp3) is 0.467. The van der Waals surface area contributed by atoms with Gasteiger partial charge in [-0.05, 0) is 57.5 Å². The zero-order valence-corrected chi connectivity index (χ0v) is 12.4. The van der Waals surface area contributed by atoms with Crippen molar-refractivity contribution < 1.29 is 4.42 Å². The minimum atomic E-state index is 0.191. The van der Waals surface area contributed by atoms with Crippen LogP contribution in [0.4, 0.5) is 0 Å². The van der Waals surface area contributed by atoms with Crippen molar-refractivity contribution in [3.63, 3.8) is 0 Å². The largest absolute Gasteiger partial charge is 0.464 e. The molecule has 98 valence electrons. The van der Waals surface area contributed by atoms with E-state index < -0.39 is 0 Å². The fourth-order valence-corrected chi connectivity index (χ4v) is 3.11. The van der Waals surface area contributed by atoms with Gasteiger partial charge in [-0.15, -0.1) is 11.3 Å². The molecule has 3 heteroatoms. The lowest BCUT2D eigenvalue weighted by Crippen LogP contribution is -2.21. The van der Waals surface area contributed by atoms with Crippen LogP contribution >= 0.6 is 11.3 Å². The Morgan fingerprint density at radius 3 is 2.56 bits per heavy atom. The van der Waals surface area contributed by atoms with Crippen molar-refractivity contribution in [1.82, 2.24) is 5.32 Å². The fourth-order valence-electron chi connectivity index (χ4n) is 1.98. The van der Waals surface area contributed by atoms with Gasteiger partial charge in [0.2, 0.25) is 0 Å². The molecule has 0 aliphatic rings. The summed E-state index contributed by atoms with van der Waals surface area (Å²) in [6.45, 7) is 9.52. The highest BCUT2D eigenvalue weighted by Crippen LogP contribution is 2.31. The maximum Gasteiger partial charge on any atom is 0.126 e. The monoisotopic (exact) mass is 263 g/mol. The molecule has 0 aliphatic carbocycles. The molecule has 0 amide bonds. The van der Waals surface area contributed by atoms with Gasteiger partial charge < -0.3 is 9.73 Å². The zero-order chi connectivity index (χ0) is 13.1. The summed E-state index contributed by atoms with van der Waals surface area (Å²) in [5.41, 5.74) is 1.36. The normalized spacial score (nSPS) is 12.9. The van der Waals surface area contributed by atoms with E-state index in [-0.39, 0.29) is 6.04 Å². The number of furan rings is 1. The molecule has 0 aromatic carbocycles. The van der Waals surface area contributed by atoms with E-state index in [4.69, 9.17) is 4.42 Å². The van der Waals surface area contributed by atoms with Crippen LogP contribution in [0.15, 0.2) is 22.6 Å². The molecular weight excluding hydrogens is 242 g/mol. The molecule has 1 N–H and O–H groups in total. The number of hydrogen-bond acceptors (Lipinski definition) is 3. The van der Waals surface area contributed by atoms with Gasteiger partial charge >= 0.3 is 0 Å². The molecule has 2 heterocycles. The quantitative estimate of drug-likeness (QED) is 0.867. The molecule has 0 fully saturated rings. The van der Waals surface area contributed by atoms with Crippen LogP contribution in [0.2, 0.25) is 0 Å². The summed E-state index contributed by atoms with van der Waals surface area (Å²) in [4.78, 5) is 2.73. The maximum absolute atomic E-state index is 5.79. The van der Waals surface area contributed by atoms with Crippen molar-refractivity contribution in [2.45, 2.75) is 40.2 Å². The van der Waals surface area contributed by atoms with Crippen LogP contribution in [0, 0.1) is 20.8 Å². The van der Waals surface area contributed by atoms with Crippen molar-refractivity contribution in [1.29, 1.82) is 0 Å². The Bertz CT molecular complexity index is 493. The van der Waals surface area contributed by atoms with Crippen LogP contribution in [0.1, 0.15) is 46.2 Å². The summed E-state index contributed by atoms with van der Waals surface area (Å²) >= 11 is 1.85. The molecule has 0 aliphatic heterocycles. The van der Waals surface area contributed by atoms with Gasteiger partial charge in [0.15, 0.2) is 0 Å². The summed E-state index contributed by atoms with van der Waals surface area (Å²) < 4.78 is 5.79. The van der Waals surface area contributed by atoms with E-state index in [1.54, 1.807) is 0 Å². The lowest BCUT2D eigenvalue weighted by Gasteiger charge is -2.14. The first-order valence-electron chi connectivity index (χ1n) is 6.48. The summed E-state index contributed by atoms with van der Waals surface area (Å²) in [6, 6.07) is 6.57. The van der Waals surface area contributed by atoms with Gasteiger partial charge in [0.1, 0.15) is 17.6 Å². The number of thiophene rings is 1. The molecule has 0 radical (unpaired) electrons. The van der Waals surface area contributed by atoms with E-state index >= 15 is 0 Å². The predicted molar refractivity (Wildman–Crippen MR) is 77.4 cm³/mol. The van der Waals surface area contributed by atoms with Gasteiger partial charge in [-0.1, -0.05) is 6.92 Å². The highest BCUT2D eigenvalue weighted by Gasteiger charge is 2.19. The van der Waals surface area contributed by atoms with Crippen LogP contribution in [-0.2, 0) is 0 Å². The summed E-state index contributed by atoms with van der Waals surface area (Å²) in [5, 5.41) is 3.57. The Labute approximate surface area is 113 Å². The molecule has 0 spiro atoms. The van der Waals surface area contributed by atoms with Gasteiger partial charge in [-0.3, -0.25) is 0 Å². The number of hydrogen-bond donors (Lipinski definition) is 1. The molecule has 1 unspecified atom stereocenters. The van der Waals surface area contributed by atoms with Crippen molar-refractivity contribution in [2.24, 2.45) is 0 Å². The highest BCUT2D eigenvalue weighted by atomic mass is 32.1. The topological polar surface area (TPSA) is 25.2 Å². The first-order valence-corrected chi connectivity index (χ1v) is 7.30. The average molecular weight is 263 g/mol. The SMILES string of the molecule is CCCNC(c1ccc(C)o1)c1cc(C)c(C)s1. The molecule has 0 bridgehead atoms. The molecule has 2 aromatic heterocycles. The third-order valence-corrected chi connectivity index (χ3v) is 4.33. The molecule has 2 nitrogen and oxygen atoms in total. The van der Waals surface area contributed by atoms with Crippen molar-refractivity contribution in [3.05, 3.63) is 45.0 Å². The lowest BCUT2D eigenvalue weighted by atomic mass is 10.1. The van der Waals surface area contributed by atoms with Crippen LogP contribution in [0.25, 0.3) is 0 Å². The van der Waals surface area contributed by atoms with Crippen LogP contribution in [0.5, 0.6) is 0 Å². The zero-order valence-electron chi connectivity index (χ0n) is 11.5. The van der Waals surface area contributed by atoms with Gasteiger partial charge in [0.05, 0.1) is 0 Å². The van der Waals surface area contributed by atoms with E-state index in [2.05, 4.69) is 38.2 Å². The van der Waals surface area contributed by atoms with E-state index in [9.17, 15) is 0 Å². The van der Waals surface area contributed by atoms with Crippen LogP contribution in [-0.4, -0.2) is 6.54 Å². The summed E-state index contributed by atoms with van der Waals surface area (Å²) in [6.07, 6.45) is 1.12. The Hall–Kier alpha value is -1.06. The highest BCUT2D eigenvalue weighted by molar-refractivity contribution is 7.12. The van der Waals surface area contributed by atoms with Crippen LogP contribution < -0.4 is 5.32 Å². The first-order chi connectivity index (χ1) is 8.61. The second-order valence-electron chi connectivity index (χ2n) is 4.72. The Balaban J connectivity index is 2.30. The van der Waals surface area contributed by atoms with Crippen molar-refractivity contribution in [2.75, 3.05) is 6.54 Å². The molecule has 2 rings (SSSR count). The van der Waals surface area contributed by atoms with E-state index in [0.29, 0.717) is 0 Å². The summed E-state index contributed by atoms with van der Waals surface area (Å²) in [5.74, 6) is 1.99. The Kier molecular flexibility index (Phi) is 4.25. The van der Waals surface area contributed by atoms with Crippen molar-refractivity contribution >= 4 is 11.3 Å². The molecule has 1 atom stereocenters. The third-order valence-electron chi connectivity index (χ3n) is 3.11. The molecule has 0 saturated carbocycles. The second kappa shape index (κ2) is 5.72. The van der Waals surface area contributed by atoms with E-state index in [0.717, 1.165) is 24.5 Å². The Morgan fingerprint density at radius 2 is 2.06 bits per heavy atom. The standard InChI is InChI=1S/C15H21NOS/c1-5-8-16-15(13-7-6-11(3)17-13)14-9-10(2)12(4)18-14/h6-7,9,15-16H,5,8H2,1-4H3. The lowest BCUT2D eigenvalue weighted by molar-refractivity contribution is 0.433. The number of rotatable bonds is 5. The maximum atomic E-state index is 5.79. The molecule has 2 aromatic rings. The number of nitrogens with one attached hydrogen (secondary N) is 1. The van der Waals surface area contributed by atoms with Crippen LogP contribution in [0.3, 0.4) is 0 Å². The Morgan fingerprint density at radius 1 is 1.28 bits per heavy atom. The van der Waals surface area contributed by atoms with E-state index in [1.807, 2.05) is 24.3 Å². The van der Waals surface area contributed by atoms with E-state index in [1.165, 1.54) is 15.3 Å². The molecular formula is C15H21NOS. The average Bonchev–Trinajstić information content (AvgIpc) is 2.88.